The van der Waals surface area contributed by atoms with Gasteiger partial charge in [-0.3, -0.25) is 9.59 Å². The largest absolute Gasteiger partial charge is 0.481 e. The van der Waals surface area contributed by atoms with Crippen molar-refractivity contribution in [2.75, 3.05) is 13.1 Å². The number of benzene rings is 1. The van der Waals surface area contributed by atoms with E-state index in [9.17, 15) is 9.59 Å². The lowest BCUT2D eigenvalue weighted by Crippen LogP contribution is -2.31. The van der Waals surface area contributed by atoms with Crippen LogP contribution in [-0.2, 0) is 9.59 Å². The molecule has 0 bridgehead atoms. The Morgan fingerprint density at radius 1 is 1.30 bits per heavy atom. The van der Waals surface area contributed by atoms with Gasteiger partial charge in [-0.1, -0.05) is 29.3 Å². The van der Waals surface area contributed by atoms with Gasteiger partial charge < -0.3 is 10.0 Å². The number of halogens is 2. The summed E-state index contributed by atoms with van der Waals surface area (Å²) in [5, 5.41) is 9.49. The van der Waals surface area contributed by atoms with Crippen molar-refractivity contribution in [1.29, 1.82) is 0 Å². The monoisotopic (exact) mass is 315 g/mol. The van der Waals surface area contributed by atoms with Crippen molar-refractivity contribution < 1.29 is 14.7 Å². The van der Waals surface area contributed by atoms with E-state index in [1.807, 2.05) is 0 Å². The van der Waals surface area contributed by atoms with Crippen molar-refractivity contribution in [2.24, 2.45) is 0 Å². The Bertz CT molecular complexity index is 529. The number of carbonyl (C=O) groups excluding carboxylic acids is 1. The molecule has 0 saturated heterocycles. The maximum Gasteiger partial charge on any atom is 0.305 e. The molecule has 0 heterocycles. The van der Waals surface area contributed by atoms with Gasteiger partial charge in [-0.2, -0.15) is 0 Å². The molecule has 0 aliphatic rings. The zero-order valence-electron chi connectivity index (χ0n) is 11.0. The van der Waals surface area contributed by atoms with Crippen LogP contribution in [0.15, 0.2) is 24.3 Å². The Kier molecular flexibility index (Phi) is 6.55. The van der Waals surface area contributed by atoms with Crippen LogP contribution in [-0.4, -0.2) is 35.0 Å². The number of hydrogen-bond donors (Lipinski definition) is 1. The van der Waals surface area contributed by atoms with Gasteiger partial charge in [0.05, 0.1) is 16.5 Å². The molecule has 0 radical (unpaired) electrons. The number of likely N-dealkylation sites (N-methyl/N-ethyl adjacent to an activating group) is 1. The molecule has 0 atom stereocenters. The second kappa shape index (κ2) is 7.92. The average molecular weight is 316 g/mol. The number of amides is 1. The molecule has 0 aliphatic heterocycles. The summed E-state index contributed by atoms with van der Waals surface area (Å²) in [7, 11) is 0. The first kappa shape index (κ1) is 16.5. The first-order chi connectivity index (χ1) is 9.43. The Morgan fingerprint density at radius 2 is 2.00 bits per heavy atom. The van der Waals surface area contributed by atoms with Gasteiger partial charge in [0.15, 0.2) is 0 Å². The third-order valence-electron chi connectivity index (χ3n) is 2.65. The molecule has 0 aromatic heterocycles. The zero-order valence-corrected chi connectivity index (χ0v) is 12.5. The smallest absolute Gasteiger partial charge is 0.305 e. The number of carboxylic acid groups (broad SMARTS) is 1. The van der Waals surface area contributed by atoms with Crippen LogP contribution in [0.1, 0.15) is 18.9 Å². The lowest BCUT2D eigenvalue weighted by molar-refractivity contribution is -0.137. The molecule has 1 rings (SSSR count). The van der Waals surface area contributed by atoms with E-state index >= 15 is 0 Å². The fourth-order valence-electron chi connectivity index (χ4n) is 1.54. The van der Waals surface area contributed by atoms with Crippen molar-refractivity contribution in [3.63, 3.8) is 0 Å². The summed E-state index contributed by atoms with van der Waals surface area (Å²) in [4.78, 5) is 23.9. The molecule has 20 heavy (non-hydrogen) atoms. The third-order valence-corrected chi connectivity index (χ3v) is 3.39. The van der Waals surface area contributed by atoms with E-state index in [-0.39, 0.29) is 18.9 Å². The molecule has 0 saturated carbocycles. The molecule has 0 spiro atoms. The maximum absolute atomic E-state index is 11.9. The Morgan fingerprint density at radius 3 is 2.55 bits per heavy atom. The predicted octanol–water partition coefficient (Wildman–Crippen LogP) is 3.33. The van der Waals surface area contributed by atoms with Gasteiger partial charge >= 0.3 is 5.97 Å². The van der Waals surface area contributed by atoms with E-state index in [0.29, 0.717) is 16.6 Å². The molecular weight excluding hydrogens is 301 g/mol. The summed E-state index contributed by atoms with van der Waals surface area (Å²) in [6.07, 6.45) is 2.94. The second-order valence-electron chi connectivity index (χ2n) is 4.07. The van der Waals surface area contributed by atoms with E-state index in [2.05, 4.69) is 0 Å². The maximum atomic E-state index is 11.9. The number of carboxylic acids is 1. The zero-order chi connectivity index (χ0) is 15.1. The minimum Gasteiger partial charge on any atom is -0.481 e. The number of carbonyl (C=O) groups is 2. The Labute approximate surface area is 127 Å². The second-order valence-corrected chi connectivity index (χ2v) is 4.88. The van der Waals surface area contributed by atoms with Crippen molar-refractivity contribution in [2.45, 2.75) is 13.3 Å². The summed E-state index contributed by atoms with van der Waals surface area (Å²) in [6.45, 7) is 2.45. The minimum atomic E-state index is -0.926. The highest BCUT2D eigenvalue weighted by atomic mass is 35.5. The highest BCUT2D eigenvalue weighted by Crippen LogP contribution is 2.23. The van der Waals surface area contributed by atoms with E-state index in [0.717, 1.165) is 5.56 Å². The average Bonchev–Trinajstić information content (AvgIpc) is 2.40. The first-order valence-corrected chi connectivity index (χ1v) is 6.83. The number of nitrogens with zero attached hydrogens (tertiary/aromatic N) is 1. The Hall–Kier alpha value is -1.52. The quantitative estimate of drug-likeness (QED) is 0.819. The van der Waals surface area contributed by atoms with Gasteiger partial charge in [-0.25, -0.2) is 0 Å². The number of rotatable bonds is 6. The van der Waals surface area contributed by atoms with E-state index in [1.165, 1.54) is 11.0 Å². The topological polar surface area (TPSA) is 57.6 Å². The molecule has 1 aromatic carbocycles. The lowest BCUT2D eigenvalue weighted by Gasteiger charge is -2.17. The van der Waals surface area contributed by atoms with Crippen LogP contribution < -0.4 is 0 Å². The predicted molar refractivity (Wildman–Crippen MR) is 80.0 cm³/mol. The highest BCUT2D eigenvalue weighted by Gasteiger charge is 2.10. The molecule has 0 fully saturated rings. The SMILES string of the molecule is CCN(CCC(=O)O)C(=O)/C=C/c1ccc(Cl)c(Cl)c1. The van der Waals surface area contributed by atoms with Crippen LogP contribution in [0.25, 0.3) is 6.08 Å². The van der Waals surface area contributed by atoms with Crippen LogP contribution >= 0.6 is 23.2 Å². The van der Waals surface area contributed by atoms with Crippen molar-refractivity contribution >= 4 is 41.2 Å². The fraction of sp³-hybridized carbons (Fsp3) is 0.286. The number of hydrogen-bond acceptors (Lipinski definition) is 2. The molecule has 1 amide bonds. The van der Waals surface area contributed by atoms with Gasteiger partial charge in [-0.15, -0.1) is 0 Å². The van der Waals surface area contributed by atoms with E-state index in [1.54, 1.807) is 31.2 Å². The molecule has 1 aromatic rings. The summed E-state index contributed by atoms with van der Waals surface area (Å²) in [5.41, 5.74) is 0.752. The molecule has 0 aliphatic carbocycles. The lowest BCUT2D eigenvalue weighted by atomic mass is 10.2. The molecule has 0 unspecified atom stereocenters. The van der Waals surface area contributed by atoms with Crippen molar-refractivity contribution in [3.8, 4) is 0 Å². The van der Waals surface area contributed by atoms with Crippen LogP contribution in [0.5, 0.6) is 0 Å². The Balaban J connectivity index is 2.69. The number of aliphatic carboxylic acids is 1. The van der Waals surface area contributed by atoms with Crippen molar-refractivity contribution in [1.82, 2.24) is 4.90 Å². The molecule has 6 heteroatoms. The summed E-state index contributed by atoms with van der Waals surface area (Å²) in [6, 6.07) is 5.04. The molecule has 4 nitrogen and oxygen atoms in total. The van der Waals surface area contributed by atoms with Crippen LogP contribution in [0.2, 0.25) is 10.0 Å². The standard InChI is InChI=1S/C14H15Cl2NO3/c1-2-17(8-7-14(19)20)13(18)6-4-10-3-5-11(15)12(16)9-10/h3-6,9H,2,7-8H2,1H3,(H,19,20)/b6-4+. The van der Waals surface area contributed by atoms with Gasteiger partial charge in [-0.05, 0) is 30.7 Å². The highest BCUT2D eigenvalue weighted by molar-refractivity contribution is 6.42. The van der Waals surface area contributed by atoms with Crippen LogP contribution in [0.3, 0.4) is 0 Å². The summed E-state index contributed by atoms with van der Waals surface area (Å²) < 4.78 is 0. The summed E-state index contributed by atoms with van der Waals surface area (Å²) in [5.74, 6) is -1.16. The minimum absolute atomic E-state index is 0.0693. The first-order valence-electron chi connectivity index (χ1n) is 6.08. The summed E-state index contributed by atoms with van der Waals surface area (Å²) >= 11 is 11.7. The van der Waals surface area contributed by atoms with Gasteiger partial charge in [0, 0.05) is 19.2 Å². The van der Waals surface area contributed by atoms with Crippen LogP contribution in [0, 0.1) is 0 Å². The van der Waals surface area contributed by atoms with Crippen LogP contribution in [0.4, 0.5) is 0 Å². The van der Waals surface area contributed by atoms with E-state index < -0.39 is 5.97 Å². The third kappa shape index (κ3) is 5.23. The molecule has 1 N–H and O–H groups in total. The van der Waals surface area contributed by atoms with Gasteiger partial charge in [0.1, 0.15) is 0 Å². The molecule has 108 valence electrons. The van der Waals surface area contributed by atoms with Gasteiger partial charge in [0.25, 0.3) is 0 Å². The van der Waals surface area contributed by atoms with Gasteiger partial charge in [0.2, 0.25) is 5.91 Å². The molecular formula is C14H15Cl2NO3. The normalized spacial score (nSPS) is 10.8. The van der Waals surface area contributed by atoms with E-state index in [4.69, 9.17) is 28.3 Å². The fourth-order valence-corrected chi connectivity index (χ4v) is 1.85. The van der Waals surface area contributed by atoms with Crippen molar-refractivity contribution in [3.05, 3.63) is 39.9 Å².